The van der Waals surface area contributed by atoms with Crippen LogP contribution in [0.15, 0.2) is 0 Å². The van der Waals surface area contributed by atoms with Gasteiger partial charge in [-0.3, -0.25) is 0 Å². The van der Waals surface area contributed by atoms with E-state index < -0.39 is 23.5 Å². The second kappa shape index (κ2) is 16.1. The molecule has 0 N–H and O–H groups in total. The summed E-state index contributed by atoms with van der Waals surface area (Å²) >= 11 is 0. The molecule has 0 saturated carbocycles. The molecule has 0 spiro atoms. The van der Waals surface area contributed by atoms with E-state index in [2.05, 4.69) is 0 Å². The van der Waals surface area contributed by atoms with Gasteiger partial charge in [-0.2, -0.15) is 23.5 Å². The summed E-state index contributed by atoms with van der Waals surface area (Å²) in [5, 5.41) is 0. The minimum absolute atomic E-state index is 0. The molecule has 0 unspecified atom stereocenters. The Kier molecular flexibility index (Phi) is 33.2. The molecule has 0 radical (unpaired) electrons. The summed E-state index contributed by atoms with van der Waals surface area (Å²) in [5.74, 6) is 0. The third kappa shape index (κ3) is 813. The van der Waals surface area contributed by atoms with Crippen LogP contribution < -0.4 is 95.4 Å². The normalized spacial score (nSPS) is 9.83. The van der Waals surface area contributed by atoms with Crippen LogP contribution in [0.4, 0.5) is 0 Å². The number of hydrogen-bond donors (Lipinski definition) is 0. The Labute approximate surface area is 159 Å². The molecule has 0 fully saturated rings. The SMILES string of the molecule is O=P([O-])([O-])[O-].O=P([O-])([O-])[O-].O=P([O-])([O-])[O-].[C+4].[K+].[Ti+4]. The third-order valence-electron chi connectivity index (χ3n) is 0. The Morgan fingerprint density at radius 1 is 0.500 bits per heavy atom. The zero-order valence-corrected chi connectivity index (χ0v) is 15.6. The fourth-order valence-electron chi connectivity index (χ4n) is 0. The molecule has 0 aliphatic heterocycles. The van der Waals surface area contributed by atoms with Gasteiger partial charge in [0.25, 0.3) is 0 Å². The van der Waals surface area contributed by atoms with E-state index in [1.165, 1.54) is 0 Å². The minimum Gasteiger partial charge on any atom is -0.822 e. The predicted octanol–water partition coefficient (Wildman–Crippen LogP) is -11.4. The van der Waals surface area contributed by atoms with Crippen LogP contribution in [0.25, 0.3) is 0 Å². The van der Waals surface area contributed by atoms with Gasteiger partial charge in [0, 0.05) is 0 Å². The monoisotopic (exact) mass is 384 g/mol. The minimum atomic E-state index is -5.39. The molecule has 0 atom stereocenters. The summed E-state index contributed by atoms with van der Waals surface area (Å²) in [6, 6.07) is 0. The molecule has 0 aliphatic rings. The third-order valence-corrected chi connectivity index (χ3v) is 0. The van der Waals surface area contributed by atoms with Crippen LogP contribution in [0.3, 0.4) is 0 Å². The molecule has 0 aliphatic carbocycles. The van der Waals surface area contributed by atoms with E-state index in [4.69, 9.17) is 57.7 Å². The zero-order valence-electron chi connectivity index (χ0n) is 8.24. The number of rotatable bonds is 0. The summed E-state index contributed by atoms with van der Waals surface area (Å²) in [6.07, 6.45) is 0. The standard InChI is InChI=1S/C.K.3H3O4P.Ti/c;;3*1-5(2,3)4;/h;;3*(H3,1,2,3,4);/q+4;+1;;;;+4/p-9. The van der Waals surface area contributed by atoms with Crippen LogP contribution in [0, 0.1) is 7.43 Å². The van der Waals surface area contributed by atoms with Gasteiger partial charge >= 0.3 is 80.5 Å². The van der Waals surface area contributed by atoms with Crippen molar-refractivity contribution in [2.24, 2.45) is 0 Å². The van der Waals surface area contributed by atoms with Crippen molar-refractivity contribution in [3.63, 3.8) is 0 Å². The Balaban J connectivity index is -0.0000000277. The first-order valence-electron chi connectivity index (χ1n) is 2.19. The van der Waals surface area contributed by atoms with Crippen molar-refractivity contribution in [1.29, 1.82) is 0 Å². The summed E-state index contributed by atoms with van der Waals surface area (Å²) in [5.41, 5.74) is 0. The fraction of sp³-hybridized carbons (Fsp3) is 0. The summed E-state index contributed by atoms with van der Waals surface area (Å²) in [4.78, 5) is 76.9. The molecule has 0 bridgehead atoms. The summed E-state index contributed by atoms with van der Waals surface area (Å²) < 4.78 is 25.6. The van der Waals surface area contributed by atoms with Crippen LogP contribution >= 0.6 is 23.5 Å². The van der Waals surface area contributed by atoms with Crippen molar-refractivity contribution in [3.8, 4) is 0 Å². The molecule has 0 aromatic heterocycles. The van der Waals surface area contributed by atoms with Crippen molar-refractivity contribution in [2.75, 3.05) is 0 Å². The van der Waals surface area contributed by atoms with Gasteiger partial charge in [-0.15, -0.1) is 0 Å². The van der Waals surface area contributed by atoms with Gasteiger partial charge in [-0.1, -0.05) is 0 Å². The van der Waals surface area contributed by atoms with Gasteiger partial charge in [0.2, 0.25) is 0 Å². The van der Waals surface area contributed by atoms with Gasteiger partial charge in [0.15, 0.2) is 0 Å². The molecule has 18 heavy (non-hydrogen) atoms. The van der Waals surface area contributed by atoms with E-state index in [9.17, 15) is 0 Å². The molecular weight excluding hydrogens is 384 g/mol. The second-order valence-corrected chi connectivity index (χ2v) is 4.02. The van der Waals surface area contributed by atoms with Crippen molar-refractivity contribution >= 4 is 23.5 Å². The van der Waals surface area contributed by atoms with E-state index in [0.717, 1.165) is 0 Å². The number of hydrogen-bond acceptors (Lipinski definition) is 12. The van der Waals surface area contributed by atoms with Crippen molar-refractivity contribution < 1.29 is 131 Å². The maximum Gasteiger partial charge on any atom is 4.00 e. The number of phosphoric acid groups is 3. The molecule has 0 aromatic carbocycles. The van der Waals surface area contributed by atoms with Crippen LogP contribution in [0.2, 0.25) is 0 Å². The van der Waals surface area contributed by atoms with Crippen LogP contribution in [-0.4, -0.2) is 0 Å². The average molecular weight is 384 g/mol. The Hall–Kier alpha value is 2.68. The molecule has 0 rings (SSSR count). The summed E-state index contributed by atoms with van der Waals surface area (Å²) in [7, 11) is -16.2. The van der Waals surface area contributed by atoms with E-state index >= 15 is 0 Å². The van der Waals surface area contributed by atoms with Crippen LogP contribution in [0.1, 0.15) is 0 Å². The molecule has 17 heteroatoms. The van der Waals surface area contributed by atoms with Gasteiger partial charge in [0.1, 0.15) is 0 Å². The van der Waals surface area contributed by atoms with Gasteiger partial charge < -0.3 is 57.7 Å². The topological polar surface area (TPSA) is 259 Å². The molecule has 0 amide bonds. The van der Waals surface area contributed by atoms with E-state index in [-0.39, 0.29) is 80.5 Å². The fourth-order valence-corrected chi connectivity index (χ4v) is 0. The first kappa shape index (κ1) is 37.2. The average Bonchev–Trinajstić information content (AvgIpc) is 1.41. The quantitative estimate of drug-likeness (QED) is 0.278. The Bertz CT molecular complexity index is 213. The van der Waals surface area contributed by atoms with Crippen molar-refractivity contribution in [1.82, 2.24) is 0 Å². The molecule has 12 nitrogen and oxygen atoms in total. The zero-order chi connectivity index (χ0) is 13.5. The smallest absolute Gasteiger partial charge is 0.822 e. The largest absolute Gasteiger partial charge is 4.00 e. The maximum absolute atomic E-state index is 8.55. The molecule has 0 heterocycles. The first-order valence-corrected chi connectivity index (χ1v) is 6.57. The van der Waals surface area contributed by atoms with E-state index in [0.29, 0.717) is 0 Å². The molecule has 0 saturated heterocycles. The van der Waals surface area contributed by atoms with Gasteiger partial charge in [0.05, 0.1) is 0 Å². The Morgan fingerprint density at radius 3 is 0.500 bits per heavy atom. The first-order chi connectivity index (χ1) is 6.00. The van der Waals surface area contributed by atoms with E-state index in [1.54, 1.807) is 0 Å². The van der Waals surface area contributed by atoms with Gasteiger partial charge in [-0.25, -0.2) is 0 Å². The van der Waals surface area contributed by atoms with Crippen LogP contribution in [0.5, 0.6) is 0 Å². The molecular formula is CKO12P3Ti. The Morgan fingerprint density at radius 2 is 0.500 bits per heavy atom. The maximum atomic E-state index is 8.55. The van der Waals surface area contributed by atoms with Crippen LogP contribution in [-0.2, 0) is 35.4 Å². The summed E-state index contributed by atoms with van der Waals surface area (Å²) in [6.45, 7) is 0. The molecule has 0 aromatic rings. The van der Waals surface area contributed by atoms with E-state index in [1.807, 2.05) is 0 Å². The van der Waals surface area contributed by atoms with Crippen molar-refractivity contribution in [2.45, 2.75) is 0 Å². The second-order valence-electron chi connectivity index (χ2n) is 1.34. The van der Waals surface area contributed by atoms with Crippen molar-refractivity contribution in [3.05, 3.63) is 7.43 Å². The predicted molar refractivity (Wildman–Crippen MR) is 26.1 cm³/mol. The molecule has 96 valence electrons. The van der Waals surface area contributed by atoms with Gasteiger partial charge in [-0.05, 0) is 0 Å².